The Morgan fingerprint density at radius 1 is 1.03 bits per heavy atom. The molecule has 11 nitrogen and oxygen atoms in total. The van der Waals surface area contributed by atoms with E-state index >= 15 is 0 Å². The minimum Gasteiger partial charge on any atom is -0.433 e. The molecule has 0 unspecified atom stereocenters. The molecular formula is C22H28F2N8O3. The van der Waals surface area contributed by atoms with Crippen LogP contribution < -0.4 is 15.4 Å². The number of carbonyl (C=O) groups excluding carboxylic acids is 2. The first kappa shape index (κ1) is 25.7. The first-order valence-corrected chi connectivity index (χ1v) is 11.2. The molecule has 3 rings (SSSR count). The van der Waals surface area contributed by atoms with Gasteiger partial charge in [0, 0.05) is 33.0 Å². The fourth-order valence-electron chi connectivity index (χ4n) is 3.10. The molecule has 0 radical (unpaired) electrons. The standard InChI is InChI=1S/C22H28F2N8O3/c1-3-20(33)25-13-17-14-31(29-27-17)9-4-5-10-32-15-19(28-30-32)21(34)26-12-16-7-6-8-18(11-16)35-22(2,23)24/h6-8,11,14-15H,3-5,9-10,12-13H2,1-2H3,(H,25,33)(H,26,34). The summed E-state index contributed by atoms with van der Waals surface area (Å²) in [4.78, 5) is 23.7. The van der Waals surface area contributed by atoms with Gasteiger partial charge < -0.3 is 15.4 Å². The van der Waals surface area contributed by atoms with Crippen molar-refractivity contribution in [2.45, 2.75) is 65.4 Å². The number of ether oxygens (including phenoxy) is 1. The van der Waals surface area contributed by atoms with Crippen molar-refractivity contribution in [3.05, 3.63) is 53.6 Å². The molecule has 2 N–H and O–H groups in total. The molecule has 1 aromatic carbocycles. The minimum atomic E-state index is -3.29. The summed E-state index contributed by atoms with van der Waals surface area (Å²) in [5.74, 6) is -0.446. The van der Waals surface area contributed by atoms with Gasteiger partial charge in [0.15, 0.2) is 5.69 Å². The summed E-state index contributed by atoms with van der Waals surface area (Å²) in [5, 5.41) is 21.4. The van der Waals surface area contributed by atoms with Crippen LogP contribution in [-0.2, 0) is 31.0 Å². The van der Waals surface area contributed by atoms with Gasteiger partial charge in [-0.05, 0) is 30.5 Å². The number of amides is 2. The number of halogens is 2. The Bertz CT molecular complexity index is 1130. The molecule has 0 fully saturated rings. The number of alkyl halides is 2. The molecule has 0 saturated heterocycles. The summed E-state index contributed by atoms with van der Waals surface area (Å²) in [6, 6.07) is 6.12. The summed E-state index contributed by atoms with van der Waals surface area (Å²) >= 11 is 0. The molecule has 188 valence electrons. The van der Waals surface area contributed by atoms with E-state index in [1.807, 2.05) is 0 Å². The molecule has 3 aromatic rings. The predicted molar refractivity (Wildman–Crippen MR) is 120 cm³/mol. The summed E-state index contributed by atoms with van der Waals surface area (Å²) in [6.07, 6.45) is 2.07. The highest BCUT2D eigenvalue weighted by Gasteiger charge is 2.23. The molecule has 2 aromatic heterocycles. The van der Waals surface area contributed by atoms with Crippen molar-refractivity contribution in [1.82, 2.24) is 40.6 Å². The highest BCUT2D eigenvalue weighted by molar-refractivity contribution is 5.91. The van der Waals surface area contributed by atoms with E-state index in [0.717, 1.165) is 12.8 Å². The van der Waals surface area contributed by atoms with Crippen LogP contribution >= 0.6 is 0 Å². The van der Waals surface area contributed by atoms with E-state index in [2.05, 4.69) is 36.0 Å². The molecule has 0 aliphatic rings. The maximum absolute atomic E-state index is 13.0. The molecule has 0 atom stereocenters. The second kappa shape index (κ2) is 12.0. The Kier molecular flexibility index (Phi) is 8.81. The van der Waals surface area contributed by atoms with Crippen molar-refractivity contribution in [3.8, 4) is 5.75 Å². The fourth-order valence-corrected chi connectivity index (χ4v) is 3.10. The number of rotatable bonds is 13. The van der Waals surface area contributed by atoms with E-state index < -0.39 is 12.0 Å². The number of benzene rings is 1. The molecule has 13 heteroatoms. The smallest absolute Gasteiger partial charge is 0.394 e. The zero-order valence-corrected chi connectivity index (χ0v) is 19.6. The van der Waals surface area contributed by atoms with Gasteiger partial charge in [0.25, 0.3) is 5.91 Å². The number of nitrogens with zero attached hydrogens (tertiary/aromatic N) is 6. The van der Waals surface area contributed by atoms with Crippen molar-refractivity contribution in [3.63, 3.8) is 0 Å². The molecule has 0 aliphatic heterocycles. The van der Waals surface area contributed by atoms with Gasteiger partial charge >= 0.3 is 6.11 Å². The second-order valence-corrected chi connectivity index (χ2v) is 7.92. The van der Waals surface area contributed by atoms with Gasteiger partial charge in [-0.1, -0.05) is 29.5 Å². The molecule has 35 heavy (non-hydrogen) atoms. The van der Waals surface area contributed by atoms with Crippen LogP contribution in [-0.4, -0.2) is 47.9 Å². The third-order valence-electron chi connectivity index (χ3n) is 4.82. The van der Waals surface area contributed by atoms with Crippen LogP contribution in [0.4, 0.5) is 8.78 Å². The van der Waals surface area contributed by atoms with Gasteiger partial charge in [0.2, 0.25) is 5.91 Å². The molecule has 0 spiro atoms. The molecule has 0 bridgehead atoms. The molecule has 0 saturated carbocycles. The van der Waals surface area contributed by atoms with E-state index in [-0.39, 0.29) is 23.9 Å². The number of aromatic nitrogens is 6. The van der Waals surface area contributed by atoms with Crippen LogP contribution in [0.2, 0.25) is 0 Å². The quantitative estimate of drug-likeness (QED) is 0.352. The number of aryl methyl sites for hydroxylation is 2. The fraction of sp³-hybridized carbons (Fsp3) is 0.455. The predicted octanol–water partition coefficient (Wildman–Crippen LogP) is 2.30. The van der Waals surface area contributed by atoms with E-state index in [0.29, 0.717) is 44.2 Å². The molecule has 0 aliphatic carbocycles. The number of unbranched alkanes of at least 4 members (excludes halogenated alkanes) is 1. The highest BCUT2D eigenvalue weighted by Crippen LogP contribution is 2.21. The topological polar surface area (TPSA) is 129 Å². The number of nitrogens with one attached hydrogen (secondary N) is 2. The van der Waals surface area contributed by atoms with Gasteiger partial charge in [-0.3, -0.25) is 19.0 Å². The van der Waals surface area contributed by atoms with E-state index in [9.17, 15) is 18.4 Å². The van der Waals surface area contributed by atoms with Crippen LogP contribution in [0.5, 0.6) is 5.75 Å². The van der Waals surface area contributed by atoms with Gasteiger partial charge in [-0.15, -0.1) is 10.2 Å². The van der Waals surface area contributed by atoms with Crippen LogP contribution in [0.25, 0.3) is 0 Å². The van der Waals surface area contributed by atoms with Crippen molar-refractivity contribution in [1.29, 1.82) is 0 Å². The largest absolute Gasteiger partial charge is 0.433 e. The summed E-state index contributed by atoms with van der Waals surface area (Å²) in [7, 11) is 0. The van der Waals surface area contributed by atoms with Crippen molar-refractivity contribution in [2.24, 2.45) is 0 Å². The van der Waals surface area contributed by atoms with Gasteiger partial charge in [0.05, 0.1) is 18.9 Å². The average Bonchev–Trinajstić information content (AvgIpc) is 3.47. The number of hydrogen-bond donors (Lipinski definition) is 2. The van der Waals surface area contributed by atoms with Gasteiger partial charge in [0.1, 0.15) is 11.4 Å². The zero-order chi connectivity index (χ0) is 25.3. The minimum absolute atomic E-state index is 0.0144. The lowest BCUT2D eigenvalue weighted by atomic mass is 10.2. The first-order chi connectivity index (χ1) is 16.7. The van der Waals surface area contributed by atoms with Crippen LogP contribution in [0.3, 0.4) is 0 Å². The normalized spacial score (nSPS) is 11.3. The molecule has 2 heterocycles. The second-order valence-electron chi connectivity index (χ2n) is 7.92. The maximum Gasteiger partial charge on any atom is 0.394 e. The van der Waals surface area contributed by atoms with Gasteiger partial charge in [-0.25, -0.2) is 0 Å². The molecular weight excluding hydrogens is 462 g/mol. The average molecular weight is 491 g/mol. The lowest BCUT2D eigenvalue weighted by Crippen LogP contribution is -2.23. The Hall–Kier alpha value is -3.90. The summed E-state index contributed by atoms with van der Waals surface area (Å²) in [5.41, 5.74) is 1.46. The first-order valence-electron chi connectivity index (χ1n) is 11.2. The van der Waals surface area contributed by atoms with Crippen molar-refractivity contribution in [2.75, 3.05) is 0 Å². The maximum atomic E-state index is 13.0. The Balaban J connectivity index is 1.39. The van der Waals surface area contributed by atoms with E-state index in [1.54, 1.807) is 40.8 Å². The van der Waals surface area contributed by atoms with Crippen LogP contribution in [0.1, 0.15) is 54.9 Å². The summed E-state index contributed by atoms with van der Waals surface area (Å²) in [6.45, 7) is 4.15. The Morgan fingerprint density at radius 3 is 2.46 bits per heavy atom. The van der Waals surface area contributed by atoms with Crippen LogP contribution in [0, 0.1) is 0 Å². The van der Waals surface area contributed by atoms with Crippen molar-refractivity contribution >= 4 is 11.8 Å². The third kappa shape index (κ3) is 8.76. The lowest BCUT2D eigenvalue weighted by Gasteiger charge is -2.13. The lowest BCUT2D eigenvalue weighted by molar-refractivity contribution is -0.159. The Morgan fingerprint density at radius 2 is 1.74 bits per heavy atom. The zero-order valence-electron chi connectivity index (χ0n) is 19.6. The molecule has 2 amide bonds. The van der Waals surface area contributed by atoms with Crippen molar-refractivity contribution < 1.29 is 23.1 Å². The summed E-state index contributed by atoms with van der Waals surface area (Å²) < 4.78 is 33.9. The monoisotopic (exact) mass is 490 g/mol. The number of hydrogen-bond acceptors (Lipinski definition) is 7. The van der Waals surface area contributed by atoms with E-state index in [1.165, 1.54) is 12.1 Å². The van der Waals surface area contributed by atoms with Gasteiger partial charge in [-0.2, -0.15) is 8.78 Å². The Labute approximate surface area is 200 Å². The van der Waals surface area contributed by atoms with E-state index in [4.69, 9.17) is 0 Å². The van der Waals surface area contributed by atoms with Crippen LogP contribution in [0.15, 0.2) is 36.7 Å². The third-order valence-corrected chi connectivity index (χ3v) is 4.82. The number of carbonyl (C=O) groups is 2. The highest BCUT2D eigenvalue weighted by atomic mass is 19.3. The SMILES string of the molecule is CCC(=O)NCc1cn(CCCCn2cc(C(=O)NCc3cccc(OC(C)(F)F)c3)nn2)nn1.